The summed E-state index contributed by atoms with van der Waals surface area (Å²) in [5, 5.41) is 0. The van der Waals surface area contributed by atoms with Crippen molar-refractivity contribution >= 4 is 0 Å². The highest BCUT2D eigenvalue weighted by molar-refractivity contribution is 5.28. The van der Waals surface area contributed by atoms with Crippen molar-refractivity contribution in [3.05, 3.63) is 23.3 Å². The lowest BCUT2D eigenvalue weighted by Crippen LogP contribution is -2.05. The smallest absolute Gasteiger partial charge is 0.115 e. The standard InChI is InChI=1S/C11H18N2.C4H10/c1-7(2)10-9(5)12-6-13-11(10)8(3)4;1-4(2)3/h6-8H,1-5H3;4H,1-3H3. The fraction of sp³-hybridized carbons (Fsp3) is 0.733. The quantitative estimate of drug-likeness (QED) is 0.744. The molecule has 0 aromatic carbocycles. The lowest BCUT2D eigenvalue weighted by molar-refractivity contribution is 0.736. The highest BCUT2D eigenvalue weighted by atomic mass is 14.8. The molecule has 1 aromatic heterocycles. The summed E-state index contributed by atoms with van der Waals surface area (Å²) in [6.45, 7) is 17.3. The van der Waals surface area contributed by atoms with Crippen LogP contribution in [0.4, 0.5) is 0 Å². The van der Waals surface area contributed by atoms with Crippen molar-refractivity contribution in [2.24, 2.45) is 5.92 Å². The van der Waals surface area contributed by atoms with E-state index in [4.69, 9.17) is 0 Å². The van der Waals surface area contributed by atoms with Gasteiger partial charge in [-0.05, 0) is 30.2 Å². The normalized spacial score (nSPS) is 10.8. The highest BCUT2D eigenvalue weighted by Gasteiger charge is 2.13. The molecular weight excluding hydrogens is 208 g/mol. The van der Waals surface area contributed by atoms with Crippen LogP contribution in [0, 0.1) is 12.8 Å². The van der Waals surface area contributed by atoms with Gasteiger partial charge < -0.3 is 0 Å². The SMILES string of the molecule is CC(C)C.Cc1ncnc(C(C)C)c1C(C)C. The lowest BCUT2D eigenvalue weighted by Gasteiger charge is -2.15. The third kappa shape index (κ3) is 5.81. The zero-order valence-corrected chi connectivity index (χ0v) is 12.7. The summed E-state index contributed by atoms with van der Waals surface area (Å²) in [5.41, 5.74) is 3.63. The molecule has 98 valence electrons. The average Bonchev–Trinajstić information content (AvgIpc) is 2.15. The van der Waals surface area contributed by atoms with Crippen LogP contribution in [0.25, 0.3) is 0 Å². The summed E-state index contributed by atoms with van der Waals surface area (Å²) >= 11 is 0. The molecule has 1 heterocycles. The number of aromatic nitrogens is 2. The van der Waals surface area contributed by atoms with Crippen LogP contribution in [0.2, 0.25) is 0 Å². The van der Waals surface area contributed by atoms with Crippen molar-refractivity contribution in [1.29, 1.82) is 0 Å². The molecule has 0 aliphatic carbocycles. The Morgan fingerprint density at radius 2 is 1.29 bits per heavy atom. The van der Waals surface area contributed by atoms with Gasteiger partial charge in [-0.1, -0.05) is 48.5 Å². The monoisotopic (exact) mass is 236 g/mol. The highest BCUT2D eigenvalue weighted by Crippen LogP contribution is 2.25. The second-order valence-corrected chi connectivity index (χ2v) is 5.80. The van der Waals surface area contributed by atoms with Gasteiger partial charge in [-0.2, -0.15) is 0 Å². The van der Waals surface area contributed by atoms with E-state index in [0.717, 1.165) is 11.6 Å². The Labute approximate surface area is 107 Å². The molecule has 0 radical (unpaired) electrons. The molecule has 0 aliphatic heterocycles. The number of nitrogens with zero attached hydrogens (tertiary/aromatic N) is 2. The van der Waals surface area contributed by atoms with Crippen LogP contribution in [-0.4, -0.2) is 9.97 Å². The van der Waals surface area contributed by atoms with E-state index in [0.29, 0.717) is 11.8 Å². The van der Waals surface area contributed by atoms with E-state index in [1.165, 1.54) is 11.3 Å². The Bertz CT molecular complexity index is 325. The first-order valence-electron chi connectivity index (χ1n) is 6.58. The Morgan fingerprint density at radius 3 is 1.59 bits per heavy atom. The first-order chi connectivity index (χ1) is 7.77. The third-order valence-electron chi connectivity index (χ3n) is 2.24. The van der Waals surface area contributed by atoms with E-state index in [-0.39, 0.29) is 0 Å². The van der Waals surface area contributed by atoms with Gasteiger partial charge in [0.25, 0.3) is 0 Å². The van der Waals surface area contributed by atoms with Crippen LogP contribution >= 0.6 is 0 Å². The Morgan fingerprint density at radius 1 is 0.824 bits per heavy atom. The number of hydrogen-bond acceptors (Lipinski definition) is 2. The van der Waals surface area contributed by atoms with E-state index in [9.17, 15) is 0 Å². The number of rotatable bonds is 2. The minimum Gasteiger partial charge on any atom is -0.241 e. The molecule has 0 atom stereocenters. The summed E-state index contributed by atoms with van der Waals surface area (Å²) in [7, 11) is 0. The minimum atomic E-state index is 0.485. The van der Waals surface area contributed by atoms with Gasteiger partial charge in [0.1, 0.15) is 6.33 Å². The van der Waals surface area contributed by atoms with Crippen LogP contribution in [-0.2, 0) is 0 Å². The van der Waals surface area contributed by atoms with Crippen molar-refractivity contribution in [2.45, 2.75) is 67.2 Å². The van der Waals surface area contributed by atoms with Gasteiger partial charge in [0.2, 0.25) is 0 Å². The molecular formula is C15H28N2. The molecule has 17 heavy (non-hydrogen) atoms. The summed E-state index contributed by atoms with van der Waals surface area (Å²) in [6.07, 6.45) is 1.66. The molecule has 2 nitrogen and oxygen atoms in total. The molecule has 0 bridgehead atoms. The fourth-order valence-electron chi connectivity index (χ4n) is 1.68. The maximum Gasteiger partial charge on any atom is 0.115 e. The predicted octanol–water partition coefficient (Wildman–Crippen LogP) is 4.69. The first kappa shape index (κ1) is 16.1. The summed E-state index contributed by atoms with van der Waals surface area (Å²) in [5.74, 6) is 1.83. The number of aryl methyl sites for hydroxylation is 1. The summed E-state index contributed by atoms with van der Waals surface area (Å²) < 4.78 is 0. The lowest BCUT2D eigenvalue weighted by atomic mass is 9.94. The van der Waals surface area contributed by atoms with Crippen LogP contribution < -0.4 is 0 Å². The largest absolute Gasteiger partial charge is 0.241 e. The maximum absolute atomic E-state index is 4.35. The van der Waals surface area contributed by atoms with Crippen molar-refractivity contribution < 1.29 is 0 Å². The zero-order chi connectivity index (χ0) is 13.6. The topological polar surface area (TPSA) is 25.8 Å². The molecule has 1 aromatic rings. The third-order valence-corrected chi connectivity index (χ3v) is 2.24. The minimum absolute atomic E-state index is 0.485. The average molecular weight is 236 g/mol. The Hall–Kier alpha value is -0.920. The number of hydrogen-bond donors (Lipinski definition) is 0. The molecule has 1 rings (SSSR count). The molecule has 0 saturated carbocycles. The molecule has 0 N–H and O–H groups in total. The fourth-order valence-corrected chi connectivity index (χ4v) is 1.68. The van der Waals surface area contributed by atoms with E-state index in [1.807, 2.05) is 0 Å². The zero-order valence-electron chi connectivity index (χ0n) is 12.7. The second kappa shape index (κ2) is 7.41. The van der Waals surface area contributed by atoms with Crippen LogP contribution in [0.1, 0.15) is 77.3 Å². The Balaban J connectivity index is 0.000000557. The van der Waals surface area contributed by atoms with Gasteiger partial charge in [-0.25, -0.2) is 9.97 Å². The summed E-state index contributed by atoms with van der Waals surface area (Å²) in [6, 6.07) is 0. The van der Waals surface area contributed by atoms with Crippen LogP contribution in [0.15, 0.2) is 6.33 Å². The van der Waals surface area contributed by atoms with Crippen molar-refractivity contribution in [3.63, 3.8) is 0 Å². The van der Waals surface area contributed by atoms with E-state index in [1.54, 1.807) is 6.33 Å². The Kier molecular flexibility index (Phi) is 7.01. The van der Waals surface area contributed by atoms with Gasteiger partial charge in [0.05, 0.1) is 0 Å². The van der Waals surface area contributed by atoms with Gasteiger partial charge in [0, 0.05) is 11.4 Å². The van der Waals surface area contributed by atoms with Crippen molar-refractivity contribution in [3.8, 4) is 0 Å². The van der Waals surface area contributed by atoms with E-state index >= 15 is 0 Å². The van der Waals surface area contributed by atoms with E-state index in [2.05, 4.69) is 65.4 Å². The molecule has 0 fully saturated rings. The van der Waals surface area contributed by atoms with Crippen LogP contribution in [0.3, 0.4) is 0 Å². The molecule has 2 heteroatoms. The summed E-state index contributed by atoms with van der Waals surface area (Å²) in [4.78, 5) is 8.58. The maximum atomic E-state index is 4.35. The second-order valence-electron chi connectivity index (χ2n) is 5.80. The van der Waals surface area contributed by atoms with Crippen molar-refractivity contribution in [2.75, 3.05) is 0 Å². The first-order valence-corrected chi connectivity index (χ1v) is 6.58. The van der Waals surface area contributed by atoms with Gasteiger partial charge in [0.15, 0.2) is 0 Å². The van der Waals surface area contributed by atoms with E-state index < -0.39 is 0 Å². The predicted molar refractivity (Wildman–Crippen MR) is 75.5 cm³/mol. The molecule has 0 aliphatic rings. The van der Waals surface area contributed by atoms with Crippen molar-refractivity contribution in [1.82, 2.24) is 9.97 Å². The molecule has 0 amide bonds. The molecule has 0 unspecified atom stereocenters. The van der Waals surface area contributed by atoms with Gasteiger partial charge >= 0.3 is 0 Å². The molecule has 0 saturated heterocycles. The molecule has 0 spiro atoms. The van der Waals surface area contributed by atoms with Crippen LogP contribution in [0.5, 0.6) is 0 Å². The van der Waals surface area contributed by atoms with Gasteiger partial charge in [-0.3, -0.25) is 0 Å². The van der Waals surface area contributed by atoms with Gasteiger partial charge in [-0.15, -0.1) is 0 Å².